The van der Waals surface area contributed by atoms with E-state index in [0.29, 0.717) is 0 Å². The van der Waals surface area contributed by atoms with E-state index in [-0.39, 0.29) is 5.82 Å². The maximum Gasteiger partial charge on any atom is 0.123 e. The van der Waals surface area contributed by atoms with Gasteiger partial charge in [-0.2, -0.15) is 0 Å². The lowest BCUT2D eigenvalue weighted by atomic mass is 10.0. The highest BCUT2D eigenvalue weighted by Gasteiger charge is 2.16. The van der Waals surface area contributed by atoms with Crippen molar-refractivity contribution >= 4 is 11.8 Å². The number of rotatable bonds is 6. The van der Waals surface area contributed by atoms with Gasteiger partial charge in [-0.15, -0.1) is 11.8 Å². The van der Waals surface area contributed by atoms with Crippen LogP contribution in [0.5, 0.6) is 0 Å². The minimum atomic E-state index is -0.124. The summed E-state index contributed by atoms with van der Waals surface area (Å²) in [4.78, 5) is 1.26. The van der Waals surface area contributed by atoms with E-state index in [2.05, 4.69) is 12.2 Å². The van der Waals surface area contributed by atoms with Gasteiger partial charge in [0.2, 0.25) is 0 Å². The Morgan fingerprint density at radius 2 is 2.05 bits per heavy atom. The number of halogens is 1. The molecule has 1 N–H and O–H groups in total. The van der Waals surface area contributed by atoms with Crippen LogP contribution in [0.1, 0.15) is 51.0 Å². The Labute approximate surface area is 120 Å². The first kappa shape index (κ1) is 14.9. The molecular formula is C16H24FNS. The van der Waals surface area contributed by atoms with Crippen molar-refractivity contribution in [2.75, 3.05) is 6.54 Å². The van der Waals surface area contributed by atoms with E-state index >= 15 is 0 Å². The highest BCUT2D eigenvalue weighted by molar-refractivity contribution is 8.00. The Morgan fingerprint density at radius 1 is 1.26 bits per heavy atom. The van der Waals surface area contributed by atoms with Crippen LogP contribution in [0.15, 0.2) is 23.1 Å². The highest BCUT2D eigenvalue weighted by Crippen LogP contribution is 2.35. The monoisotopic (exact) mass is 281 g/mol. The molecule has 0 unspecified atom stereocenters. The summed E-state index contributed by atoms with van der Waals surface area (Å²) in [6, 6.07) is 5.24. The standard InChI is InChI=1S/C16H24FNS/c1-2-10-18-12-13-11-14(17)8-9-16(13)19-15-6-4-3-5-7-15/h8-9,11,15,18H,2-7,10,12H2,1H3. The fraction of sp³-hybridized carbons (Fsp3) is 0.625. The van der Waals surface area contributed by atoms with Crippen molar-refractivity contribution in [3.8, 4) is 0 Å². The van der Waals surface area contributed by atoms with Crippen molar-refractivity contribution in [1.82, 2.24) is 5.32 Å². The first-order valence-corrected chi connectivity index (χ1v) is 8.33. The molecule has 1 aliphatic carbocycles. The van der Waals surface area contributed by atoms with E-state index in [1.807, 2.05) is 17.8 Å². The lowest BCUT2D eigenvalue weighted by Gasteiger charge is -2.22. The summed E-state index contributed by atoms with van der Waals surface area (Å²) in [6.45, 7) is 3.92. The molecule has 19 heavy (non-hydrogen) atoms. The third-order valence-electron chi connectivity index (χ3n) is 3.61. The van der Waals surface area contributed by atoms with Gasteiger partial charge in [-0.1, -0.05) is 26.2 Å². The van der Waals surface area contributed by atoms with Gasteiger partial charge in [0, 0.05) is 16.7 Å². The third-order valence-corrected chi connectivity index (χ3v) is 5.07. The summed E-state index contributed by atoms with van der Waals surface area (Å²) in [5.41, 5.74) is 1.11. The van der Waals surface area contributed by atoms with Crippen LogP contribution in [0.25, 0.3) is 0 Å². The maximum absolute atomic E-state index is 13.4. The van der Waals surface area contributed by atoms with E-state index < -0.39 is 0 Å². The Hall–Kier alpha value is -0.540. The van der Waals surface area contributed by atoms with Crippen LogP contribution in [0, 0.1) is 5.82 Å². The average Bonchev–Trinajstić information content (AvgIpc) is 2.43. The molecule has 1 saturated carbocycles. The van der Waals surface area contributed by atoms with Crippen molar-refractivity contribution in [2.45, 2.75) is 62.1 Å². The molecule has 0 amide bonds. The normalized spacial score (nSPS) is 16.7. The fourth-order valence-electron chi connectivity index (χ4n) is 2.56. The van der Waals surface area contributed by atoms with Gasteiger partial charge in [0.15, 0.2) is 0 Å². The van der Waals surface area contributed by atoms with Crippen LogP contribution in [0.2, 0.25) is 0 Å². The Balaban J connectivity index is 2.00. The smallest absolute Gasteiger partial charge is 0.123 e. The summed E-state index contributed by atoms with van der Waals surface area (Å²) in [5, 5.41) is 4.10. The quantitative estimate of drug-likeness (QED) is 0.755. The molecule has 0 spiro atoms. The number of benzene rings is 1. The van der Waals surface area contributed by atoms with Gasteiger partial charge in [-0.25, -0.2) is 4.39 Å². The summed E-state index contributed by atoms with van der Waals surface area (Å²) in [7, 11) is 0. The van der Waals surface area contributed by atoms with Crippen molar-refractivity contribution in [1.29, 1.82) is 0 Å². The van der Waals surface area contributed by atoms with Crippen molar-refractivity contribution in [3.05, 3.63) is 29.6 Å². The number of hydrogen-bond acceptors (Lipinski definition) is 2. The topological polar surface area (TPSA) is 12.0 Å². The largest absolute Gasteiger partial charge is 0.313 e. The molecule has 1 fully saturated rings. The van der Waals surface area contributed by atoms with Gasteiger partial charge in [0.1, 0.15) is 5.82 Å². The Kier molecular flexibility index (Phi) is 6.18. The van der Waals surface area contributed by atoms with Crippen LogP contribution in [0.4, 0.5) is 4.39 Å². The van der Waals surface area contributed by atoms with Crippen LogP contribution in [-0.4, -0.2) is 11.8 Å². The second-order valence-electron chi connectivity index (χ2n) is 5.31. The minimum absolute atomic E-state index is 0.124. The average molecular weight is 281 g/mol. The summed E-state index contributed by atoms with van der Waals surface area (Å²) in [5.74, 6) is -0.124. The molecule has 1 aromatic carbocycles. The predicted molar refractivity (Wildman–Crippen MR) is 81.1 cm³/mol. The van der Waals surface area contributed by atoms with E-state index in [1.165, 1.54) is 37.0 Å². The number of thioether (sulfide) groups is 1. The third kappa shape index (κ3) is 4.81. The lowest BCUT2D eigenvalue weighted by molar-refractivity contribution is 0.516. The zero-order valence-corrected chi connectivity index (χ0v) is 12.6. The molecule has 0 bridgehead atoms. The molecule has 1 aromatic rings. The second-order valence-corrected chi connectivity index (χ2v) is 6.65. The van der Waals surface area contributed by atoms with E-state index in [9.17, 15) is 4.39 Å². The van der Waals surface area contributed by atoms with Crippen molar-refractivity contribution < 1.29 is 4.39 Å². The van der Waals surface area contributed by atoms with Gasteiger partial charge >= 0.3 is 0 Å². The molecule has 1 nitrogen and oxygen atoms in total. The maximum atomic E-state index is 13.4. The van der Waals surface area contributed by atoms with Gasteiger partial charge in [0.25, 0.3) is 0 Å². The SMILES string of the molecule is CCCNCc1cc(F)ccc1SC1CCCCC1. The van der Waals surface area contributed by atoms with Gasteiger partial charge < -0.3 is 5.32 Å². The predicted octanol–water partition coefficient (Wildman–Crippen LogP) is 4.75. The molecule has 0 aliphatic heterocycles. The van der Waals surface area contributed by atoms with Crippen LogP contribution >= 0.6 is 11.8 Å². The molecular weight excluding hydrogens is 257 g/mol. The minimum Gasteiger partial charge on any atom is -0.313 e. The van der Waals surface area contributed by atoms with Gasteiger partial charge in [-0.3, -0.25) is 0 Å². The van der Waals surface area contributed by atoms with Crippen molar-refractivity contribution in [2.24, 2.45) is 0 Å². The first-order valence-electron chi connectivity index (χ1n) is 7.45. The molecule has 0 saturated heterocycles. The summed E-state index contributed by atoms with van der Waals surface area (Å²) >= 11 is 1.95. The van der Waals surface area contributed by atoms with E-state index in [1.54, 1.807) is 12.1 Å². The number of nitrogens with one attached hydrogen (secondary N) is 1. The Bertz CT molecular complexity index is 388. The summed E-state index contributed by atoms with van der Waals surface area (Å²) < 4.78 is 13.4. The lowest BCUT2D eigenvalue weighted by Crippen LogP contribution is -2.15. The fourth-order valence-corrected chi connectivity index (χ4v) is 3.92. The zero-order valence-electron chi connectivity index (χ0n) is 11.8. The van der Waals surface area contributed by atoms with E-state index in [4.69, 9.17) is 0 Å². The Morgan fingerprint density at radius 3 is 2.79 bits per heavy atom. The molecule has 0 heterocycles. The molecule has 2 rings (SSSR count). The molecule has 1 aliphatic rings. The van der Waals surface area contributed by atoms with Crippen LogP contribution < -0.4 is 5.32 Å². The van der Waals surface area contributed by atoms with Gasteiger partial charge in [0.05, 0.1) is 0 Å². The molecule has 0 radical (unpaired) electrons. The summed E-state index contributed by atoms with van der Waals surface area (Å²) in [6.07, 6.45) is 7.81. The number of hydrogen-bond donors (Lipinski definition) is 1. The second kappa shape index (κ2) is 7.91. The molecule has 0 aromatic heterocycles. The molecule has 106 valence electrons. The highest BCUT2D eigenvalue weighted by atomic mass is 32.2. The molecule has 3 heteroatoms. The van der Waals surface area contributed by atoms with Crippen LogP contribution in [-0.2, 0) is 6.54 Å². The zero-order chi connectivity index (χ0) is 13.5. The van der Waals surface area contributed by atoms with Crippen LogP contribution in [0.3, 0.4) is 0 Å². The first-order chi connectivity index (χ1) is 9.29. The van der Waals surface area contributed by atoms with E-state index in [0.717, 1.165) is 30.3 Å². The van der Waals surface area contributed by atoms with Gasteiger partial charge in [-0.05, 0) is 49.6 Å². The molecule has 0 atom stereocenters. The van der Waals surface area contributed by atoms with Crippen molar-refractivity contribution in [3.63, 3.8) is 0 Å².